The summed E-state index contributed by atoms with van der Waals surface area (Å²) in [6, 6.07) is 3.97. The van der Waals surface area contributed by atoms with Crippen LogP contribution in [0.25, 0.3) is 0 Å². The lowest BCUT2D eigenvalue weighted by Gasteiger charge is -2.23. The summed E-state index contributed by atoms with van der Waals surface area (Å²) in [6.07, 6.45) is 2.79. The summed E-state index contributed by atoms with van der Waals surface area (Å²) in [6.45, 7) is 4.20. The van der Waals surface area contributed by atoms with Gasteiger partial charge in [-0.15, -0.1) is 0 Å². The highest BCUT2D eigenvalue weighted by Crippen LogP contribution is 2.13. The first-order valence-electron chi connectivity index (χ1n) is 6.62. The molecule has 0 aromatic carbocycles. The maximum absolute atomic E-state index is 11.8. The van der Waals surface area contributed by atoms with E-state index in [0.29, 0.717) is 6.54 Å². The molecular formula is C14H24N4O. The molecule has 0 radical (unpaired) electrons. The molecule has 1 rings (SSSR count). The van der Waals surface area contributed by atoms with E-state index in [1.165, 1.54) is 0 Å². The van der Waals surface area contributed by atoms with Gasteiger partial charge < -0.3 is 10.2 Å². The van der Waals surface area contributed by atoms with Crippen LogP contribution in [0.1, 0.15) is 18.9 Å². The molecule has 0 fully saturated rings. The molecule has 1 amide bonds. The van der Waals surface area contributed by atoms with E-state index in [4.69, 9.17) is 0 Å². The van der Waals surface area contributed by atoms with Crippen LogP contribution in [0.2, 0.25) is 0 Å². The molecule has 5 heteroatoms. The van der Waals surface area contributed by atoms with Crippen LogP contribution < -0.4 is 5.32 Å². The standard InChI is InChI=1S/C14H24N4O/c1-5-9-18(11-13(19)17(3)4)10-12-7-6-8-16-14(12)15-2/h6-8H,5,9-11H2,1-4H3,(H,15,16). The van der Waals surface area contributed by atoms with Gasteiger partial charge in [0, 0.05) is 39.4 Å². The van der Waals surface area contributed by atoms with E-state index < -0.39 is 0 Å². The number of pyridine rings is 1. The number of hydrogen-bond donors (Lipinski definition) is 1. The summed E-state index contributed by atoms with van der Waals surface area (Å²) in [5.41, 5.74) is 1.12. The number of amides is 1. The molecule has 0 spiro atoms. The van der Waals surface area contributed by atoms with Crippen LogP contribution >= 0.6 is 0 Å². The average molecular weight is 264 g/mol. The number of carbonyl (C=O) groups is 1. The van der Waals surface area contributed by atoms with Crippen molar-refractivity contribution in [2.45, 2.75) is 19.9 Å². The molecule has 1 aromatic heterocycles. The molecule has 0 aliphatic rings. The highest BCUT2D eigenvalue weighted by atomic mass is 16.2. The van der Waals surface area contributed by atoms with Crippen molar-refractivity contribution in [3.05, 3.63) is 23.9 Å². The number of nitrogens with zero attached hydrogens (tertiary/aromatic N) is 3. The van der Waals surface area contributed by atoms with E-state index in [1.54, 1.807) is 25.2 Å². The van der Waals surface area contributed by atoms with E-state index in [9.17, 15) is 4.79 Å². The summed E-state index contributed by atoms with van der Waals surface area (Å²) >= 11 is 0. The SMILES string of the molecule is CCCN(CC(=O)N(C)C)Cc1cccnc1NC. The molecule has 0 aliphatic carbocycles. The molecule has 0 saturated carbocycles. The number of likely N-dealkylation sites (N-methyl/N-ethyl adjacent to an activating group) is 1. The lowest BCUT2D eigenvalue weighted by atomic mass is 10.2. The molecule has 1 N–H and O–H groups in total. The average Bonchev–Trinajstić information content (AvgIpc) is 2.39. The van der Waals surface area contributed by atoms with E-state index >= 15 is 0 Å². The molecule has 0 aliphatic heterocycles. The van der Waals surface area contributed by atoms with Gasteiger partial charge in [-0.05, 0) is 19.0 Å². The minimum Gasteiger partial charge on any atom is -0.373 e. The normalized spacial score (nSPS) is 10.6. The summed E-state index contributed by atoms with van der Waals surface area (Å²) < 4.78 is 0. The van der Waals surface area contributed by atoms with E-state index in [0.717, 1.165) is 30.9 Å². The molecule has 1 aromatic rings. The smallest absolute Gasteiger partial charge is 0.236 e. The first kappa shape index (κ1) is 15.4. The summed E-state index contributed by atoms with van der Waals surface area (Å²) in [5.74, 6) is 1.00. The second kappa shape index (κ2) is 7.74. The number of aromatic nitrogens is 1. The van der Waals surface area contributed by atoms with Crippen LogP contribution in [0.5, 0.6) is 0 Å². The number of nitrogens with one attached hydrogen (secondary N) is 1. The van der Waals surface area contributed by atoms with Gasteiger partial charge in [-0.3, -0.25) is 9.69 Å². The Bertz CT molecular complexity index is 406. The van der Waals surface area contributed by atoms with Crippen molar-refractivity contribution in [2.24, 2.45) is 0 Å². The predicted octanol–water partition coefficient (Wildman–Crippen LogP) is 1.42. The zero-order valence-corrected chi connectivity index (χ0v) is 12.3. The van der Waals surface area contributed by atoms with Gasteiger partial charge in [-0.25, -0.2) is 4.98 Å². The first-order chi connectivity index (χ1) is 9.08. The quantitative estimate of drug-likeness (QED) is 0.809. The van der Waals surface area contributed by atoms with Gasteiger partial charge in [-0.1, -0.05) is 13.0 Å². The number of hydrogen-bond acceptors (Lipinski definition) is 4. The number of carbonyl (C=O) groups excluding carboxylic acids is 1. The highest BCUT2D eigenvalue weighted by Gasteiger charge is 2.13. The summed E-state index contributed by atoms with van der Waals surface area (Å²) in [4.78, 5) is 19.9. The Morgan fingerprint density at radius 3 is 2.74 bits per heavy atom. The fourth-order valence-corrected chi connectivity index (χ4v) is 1.90. The van der Waals surface area contributed by atoms with Crippen LogP contribution in [0.15, 0.2) is 18.3 Å². The van der Waals surface area contributed by atoms with Gasteiger partial charge in [-0.2, -0.15) is 0 Å². The Morgan fingerprint density at radius 2 is 2.16 bits per heavy atom. The van der Waals surface area contributed by atoms with E-state index in [2.05, 4.69) is 22.1 Å². The molecule has 0 saturated heterocycles. The first-order valence-corrected chi connectivity index (χ1v) is 6.62. The Balaban J connectivity index is 2.74. The Labute approximate surface area is 115 Å². The third-order valence-corrected chi connectivity index (χ3v) is 2.92. The van der Waals surface area contributed by atoms with Crippen molar-refractivity contribution in [1.82, 2.24) is 14.8 Å². The van der Waals surface area contributed by atoms with Gasteiger partial charge in [0.1, 0.15) is 5.82 Å². The van der Waals surface area contributed by atoms with Crippen molar-refractivity contribution in [1.29, 1.82) is 0 Å². The Morgan fingerprint density at radius 1 is 1.42 bits per heavy atom. The minimum atomic E-state index is 0.128. The van der Waals surface area contributed by atoms with Gasteiger partial charge in [0.15, 0.2) is 0 Å². The second-order valence-corrected chi connectivity index (χ2v) is 4.76. The predicted molar refractivity (Wildman–Crippen MR) is 78.0 cm³/mol. The van der Waals surface area contributed by atoms with E-state index in [-0.39, 0.29) is 5.91 Å². The van der Waals surface area contributed by atoms with Gasteiger partial charge in [0.05, 0.1) is 6.54 Å². The van der Waals surface area contributed by atoms with Gasteiger partial charge in [0.25, 0.3) is 0 Å². The van der Waals surface area contributed by atoms with E-state index in [1.807, 2.05) is 19.2 Å². The zero-order valence-electron chi connectivity index (χ0n) is 12.3. The highest BCUT2D eigenvalue weighted by molar-refractivity contribution is 5.77. The lowest BCUT2D eigenvalue weighted by Crippen LogP contribution is -2.36. The van der Waals surface area contributed by atoms with Crippen molar-refractivity contribution >= 4 is 11.7 Å². The Hall–Kier alpha value is -1.62. The largest absolute Gasteiger partial charge is 0.373 e. The molecule has 1 heterocycles. The molecule has 106 valence electrons. The van der Waals surface area contributed by atoms with Crippen molar-refractivity contribution in [2.75, 3.05) is 39.5 Å². The fraction of sp³-hybridized carbons (Fsp3) is 0.571. The fourth-order valence-electron chi connectivity index (χ4n) is 1.90. The topological polar surface area (TPSA) is 48.5 Å². The number of rotatable bonds is 7. The summed E-state index contributed by atoms with van der Waals surface area (Å²) in [5, 5.41) is 3.09. The molecule has 0 bridgehead atoms. The molecular weight excluding hydrogens is 240 g/mol. The molecule has 0 atom stereocenters. The number of anilines is 1. The van der Waals surface area contributed by atoms with Crippen LogP contribution in [0.4, 0.5) is 5.82 Å². The molecule has 19 heavy (non-hydrogen) atoms. The minimum absolute atomic E-state index is 0.128. The molecule has 0 unspecified atom stereocenters. The Kier molecular flexibility index (Phi) is 6.29. The third kappa shape index (κ3) is 4.87. The summed E-state index contributed by atoms with van der Waals surface area (Å²) in [7, 11) is 5.44. The maximum Gasteiger partial charge on any atom is 0.236 e. The van der Waals surface area contributed by atoms with Gasteiger partial charge in [0.2, 0.25) is 5.91 Å². The third-order valence-electron chi connectivity index (χ3n) is 2.92. The zero-order chi connectivity index (χ0) is 14.3. The molecule has 5 nitrogen and oxygen atoms in total. The van der Waals surface area contributed by atoms with Crippen LogP contribution in [-0.2, 0) is 11.3 Å². The maximum atomic E-state index is 11.8. The van der Waals surface area contributed by atoms with Crippen molar-refractivity contribution in [3.63, 3.8) is 0 Å². The monoisotopic (exact) mass is 264 g/mol. The van der Waals surface area contributed by atoms with Crippen LogP contribution in [0, 0.1) is 0 Å². The lowest BCUT2D eigenvalue weighted by molar-refractivity contribution is -0.130. The van der Waals surface area contributed by atoms with Crippen molar-refractivity contribution in [3.8, 4) is 0 Å². The van der Waals surface area contributed by atoms with Gasteiger partial charge >= 0.3 is 0 Å². The van der Waals surface area contributed by atoms with Crippen molar-refractivity contribution < 1.29 is 4.79 Å². The van der Waals surface area contributed by atoms with Crippen LogP contribution in [0.3, 0.4) is 0 Å². The second-order valence-electron chi connectivity index (χ2n) is 4.76. The van der Waals surface area contributed by atoms with Crippen LogP contribution in [-0.4, -0.2) is 54.9 Å².